The average molecular weight is 249 g/mol. The number of amides is 1. The predicted octanol–water partition coefficient (Wildman–Crippen LogP) is 3.28. The highest BCUT2D eigenvalue weighted by molar-refractivity contribution is 5.90. The summed E-state index contributed by atoms with van der Waals surface area (Å²) in [6, 6.07) is 7.54. The Hall–Kier alpha value is -1.35. The first-order valence-corrected chi connectivity index (χ1v) is 6.58. The van der Waals surface area contributed by atoms with Gasteiger partial charge in [-0.2, -0.15) is 0 Å². The molecule has 1 aromatic rings. The smallest absolute Gasteiger partial charge is 0.223 e. The first-order chi connectivity index (χ1) is 8.56. The van der Waals surface area contributed by atoms with Crippen molar-refractivity contribution in [1.29, 1.82) is 0 Å². The van der Waals surface area contributed by atoms with Crippen LogP contribution >= 0.6 is 0 Å². The van der Waals surface area contributed by atoms with Crippen molar-refractivity contribution in [2.75, 3.05) is 11.9 Å². The first kappa shape index (κ1) is 14.7. The summed E-state index contributed by atoms with van der Waals surface area (Å²) in [5.41, 5.74) is 1.78. The van der Waals surface area contributed by atoms with Crippen molar-refractivity contribution in [3.63, 3.8) is 0 Å². The van der Waals surface area contributed by atoms with Crippen LogP contribution in [0.1, 0.15) is 51.2 Å². The fourth-order valence-corrected chi connectivity index (χ4v) is 1.86. The third-order valence-corrected chi connectivity index (χ3v) is 3.22. The van der Waals surface area contributed by atoms with Crippen molar-refractivity contribution in [2.45, 2.75) is 45.6 Å². The van der Waals surface area contributed by atoms with E-state index in [2.05, 4.69) is 6.92 Å². The van der Waals surface area contributed by atoms with Gasteiger partial charge in [0.1, 0.15) is 0 Å². The molecular formula is C15H23NO2. The van der Waals surface area contributed by atoms with Gasteiger partial charge in [-0.15, -0.1) is 0 Å². The lowest BCUT2D eigenvalue weighted by molar-refractivity contribution is -0.116. The summed E-state index contributed by atoms with van der Waals surface area (Å²) in [5, 5.41) is 10.0. The molecule has 0 heterocycles. The van der Waals surface area contributed by atoms with E-state index >= 15 is 0 Å². The highest BCUT2D eigenvalue weighted by Crippen LogP contribution is 2.22. The molecule has 100 valence electrons. The number of unbranched alkanes of at least 4 members (excludes halogenated alkanes) is 2. The molecule has 1 aromatic carbocycles. The largest absolute Gasteiger partial charge is 0.388 e. The Balaban J connectivity index is 2.61. The molecular weight excluding hydrogens is 226 g/mol. The van der Waals surface area contributed by atoms with Crippen LogP contribution in [0.3, 0.4) is 0 Å². The van der Waals surface area contributed by atoms with Crippen molar-refractivity contribution >= 4 is 11.6 Å². The molecule has 0 saturated carbocycles. The molecule has 3 nitrogen and oxygen atoms in total. The zero-order valence-electron chi connectivity index (χ0n) is 11.5. The second-order valence-electron chi connectivity index (χ2n) is 4.68. The van der Waals surface area contributed by atoms with E-state index in [0.717, 1.165) is 36.9 Å². The van der Waals surface area contributed by atoms with Crippen LogP contribution in [0, 0.1) is 0 Å². The molecule has 0 aromatic heterocycles. The molecule has 0 fully saturated rings. The minimum atomic E-state index is -0.395. The van der Waals surface area contributed by atoms with Crippen LogP contribution in [0.5, 0.6) is 0 Å². The molecule has 0 aliphatic carbocycles. The average Bonchev–Trinajstić information content (AvgIpc) is 2.38. The number of hydrogen-bond donors (Lipinski definition) is 1. The van der Waals surface area contributed by atoms with Crippen LogP contribution in [-0.4, -0.2) is 18.1 Å². The van der Waals surface area contributed by atoms with Gasteiger partial charge in [-0.05, 0) is 24.1 Å². The number of carbonyl (C=O) groups is 1. The van der Waals surface area contributed by atoms with Gasteiger partial charge in [0.2, 0.25) is 5.91 Å². The number of aliphatic hydroxyl groups excluding tert-OH is 1. The zero-order chi connectivity index (χ0) is 13.5. The van der Waals surface area contributed by atoms with E-state index in [1.807, 2.05) is 24.3 Å². The molecule has 0 saturated heterocycles. The monoisotopic (exact) mass is 249 g/mol. The Bertz CT molecular complexity index is 373. The van der Waals surface area contributed by atoms with Crippen LogP contribution < -0.4 is 4.90 Å². The van der Waals surface area contributed by atoms with Gasteiger partial charge >= 0.3 is 0 Å². The summed E-state index contributed by atoms with van der Waals surface area (Å²) in [6.07, 6.45) is 3.77. The predicted molar refractivity (Wildman–Crippen MR) is 74.6 cm³/mol. The molecule has 0 spiro atoms. The summed E-state index contributed by atoms with van der Waals surface area (Å²) >= 11 is 0. The number of hydrogen-bond acceptors (Lipinski definition) is 2. The van der Waals surface area contributed by atoms with Crippen molar-refractivity contribution in [3.8, 4) is 0 Å². The van der Waals surface area contributed by atoms with Gasteiger partial charge in [0.05, 0.1) is 6.10 Å². The van der Waals surface area contributed by atoms with E-state index in [-0.39, 0.29) is 5.91 Å². The highest BCUT2D eigenvalue weighted by Gasteiger charge is 2.09. The van der Waals surface area contributed by atoms with Gasteiger partial charge in [0.25, 0.3) is 0 Å². The van der Waals surface area contributed by atoms with Crippen molar-refractivity contribution in [3.05, 3.63) is 29.8 Å². The van der Waals surface area contributed by atoms with Gasteiger partial charge in [-0.3, -0.25) is 4.79 Å². The van der Waals surface area contributed by atoms with Gasteiger partial charge in [-0.25, -0.2) is 0 Å². The molecule has 0 bridgehead atoms. The molecule has 1 atom stereocenters. The fraction of sp³-hybridized carbons (Fsp3) is 0.533. The number of benzene rings is 1. The summed E-state index contributed by atoms with van der Waals surface area (Å²) in [6.45, 7) is 3.69. The maximum absolute atomic E-state index is 11.2. The molecule has 1 unspecified atom stereocenters. The fourth-order valence-electron chi connectivity index (χ4n) is 1.86. The number of aliphatic hydroxyl groups is 1. The second kappa shape index (κ2) is 7.17. The Kier molecular flexibility index (Phi) is 5.86. The second-order valence-corrected chi connectivity index (χ2v) is 4.68. The quantitative estimate of drug-likeness (QED) is 0.786. The van der Waals surface area contributed by atoms with Gasteiger partial charge in [0.15, 0.2) is 0 Å². The van der Waals surface area contributed by atoms with E-state index in [1.165, 1.54) is 6.92 Å². The van der Waals surface area contributed by atoms with E-state index < -0.39 is 6.10 Å². The lowest BCUT2D eigenvalue weighted by Gasteiger charge is -2.16. The lowest BCUT2D eigenvalue weighted by atomic mass is 10.0. The maximum Gasteiger partial charge on any atom is 0.223 e. The number of nitrogens with zero attached hydrogens (tertiary/aromatic N) is 1. The summed E-state index contributed by atoms with van der Waals surface area (Å²) < 4.78 is 0. The number of anilines is 1. The Morgan fingerprint density at radius 3 is 2.39 bits per heavy atom. The van der Waals surface area contributed by atoms with Crippen molar-refractivity contribution in [2.24, 2.45) is 0 Å². The summed E-state index contributed by atoms with van der Waals surface area (Å²) in [5.74, 6) is 0.00578. The molecule has 0 aliphatic heterocycles. The minimum absolute atomic E-state index is 0.00578. The maximum atomic E-state index is 11.2. The van der Waals surface area contributed by atoms with Crippen LogP contribution in [0.2, 0.25) is 0 Å². The normalized spacial score (nSPS) is 12.2. The van der Waals surface area contributed by atoms with E-state index in [4.69, 9.17) is 0 Å². The SMILES string of the molecule is CCCCCC(O)c1ccc(N(C)C(C)=O)cc1. The molecule has 0 radical (unpaired) electrons. The zero-order valence-corrected chi connectivity index (χ0v) is 11.5. The standard InChI is InChI=1S/C15H23NO2/c1-4-5-6-7-15(18)13-8-10-14(11-9-13)16(3)12(2)17/h8-11,15,18H,4-7H2,1-3H3. The number of rotatable bonds is 6. The molecule has 3 heteroatoms. The van der Waals surface area contributed by atoms with E-state index in [9.17, 15) is 9.90 Å². The minimum Gasteiger partial charge on any atom is -0.388 e. The highest BCUT2D eigenvalue weighted by atomic mass is 16.3. The third-order valence-electron chi connectivity index (χ3n) is 3.22. The van der Waals surface area contributed by atoms with Crippen LogP contribution in [0.15, 0.2) is 24.3 Å². The van der Waals surface area contributed by atoms with Crippen molar-refractivity contribution < 1.29 is 9.90 Å². The van der Waals surface area contributed by atoms with E-state index in [1.54, 1.807) is 11.9 Å². The molecule has 1 amide bonds. The lowest BCUT2D eigenvalue weighted by Crippen LogP contribution is -2.22. The van der Waals surface area contributed by atoms with Gasteiger partial charge in [0, 0.05) is 19.7 Å². The Labute approximate surface area is 109 Å². The van der Waals surface area contributed by atoms with Gasteiger partial charge in [-0.1, -0.05) is 38.3 Å². The summed E-state index contributed by atoms with van der Waals surface area (Å²) in [7, 11) is 1.75. The van der Waals surface area contributed by atoms with Crippen LogP contribution in [0.25, 0.3) is 0 Å². The van der Waals surface area contributed by atoms with E-state index in [0.29, 0.717) is 0 Å². The Morgan fingerprint density at radius 1 is 1.28 bits per heavy atom. The van der Waals surface area contributed by atoms with Crippen LogP contribution in [0.4, 0.5) is 5.69 Å². The molecule has 1 rings (SSSR count). The van der Waals surface area contributed by atoms with Crippen LogP contribution in [-0.2, 0) is 4.79 Å². The Morgan fingerprint density at radius 2 is 1.89 bits per heavy atom. The molecule has 1 N–H and O–H groups in total. The van der Waals surface area contributed by atoms with Crippen molar-refractivity contribution in [1.82, 2.24) is 0 Å². The third kappa shape index (κ3) is 4.15. The molecule has 18 heavy (non-hydrogen) atoms. The molecule has 0 aliphatic rings. The number of carbonyl (C=O) groups excluding carboxylic acids is 1. The van der Waals surface area contributed by atoms with Gasteiger partial charge < -0.3 is 10.0 Å². The summed E-state index contributed by atoms with van der Waals surface area (Å²) in [4.78, 5) is 12.8. The first-order valence-electron chi connectivity index (χ1n) is 6.58. The topological polar surface area (TPSA) is 40.5 Å².